The first-order valence-electron chi connectivity index (χ1n) is 10.3. The Morgan fingerprint density at radius 3 is 2.62 bits per heavy atom. The lowest BCUT2D eigenvalue weighted by Crippen LogP contribution is -2.45. The van der Waals surface area contributed by atoms with Gasteiger partial charge in [-0.15, -0.1) is 0 Å². The van der Waals surface area contributed by atoms with Crippen molar-refractivity contribution in [2.75, 3.05) is 7.05 Å². The second-order valence-corrected chi connectivity index (χ2v) is 8.07. The van der Waals surface area contributed by atoms with Crippen LogP contribution in [-0.4, -0.2) is 46.2 Å². The van der Waals surface area contributed by atoms with E-state index in [2.05, 4.69) is 10.6 Å². The molecule has 29 heavy (non-hydrogen) atoms. The standard InChI is InChI=1S/C21H28N4O4/c1-13(29-15-11-14(12-15)22-2)9-10-24-16-5-3-4-6-17(16)25(21(24)28)18-7-8-19(26)23-20(18)27/h3-6,13-15,18,22H,7-12H2,1-2H3,(H,23,26,27). The fourth-order valence-electron chi connectivity index (χ4n) is 4.30. The van der Waals surface area contributed by atoms with Crippen LogP contribution in [0.25, 0.3) is 11.0 Å². The second kappa shape index (κ2) is 8.12. The Bertz CT molecular complexity index is 973. The molecule has 1 aromatic carbocycles. The molecule has 1 aliphatic carbocycles. The number of amides is 2. The average Bonchev–Trinajstić information content (AvgIpc) is 2.94. The molecule has 2 aromatic rings. The van der Waals surface area contributed by atoms with Crippen LogP contribution in [0.2, 0.25) is 0 Å². The molecule has 8 nitrogen and oxygen atoms in total. The summed E-state index contributed by atoms with van der Waals surface area (Å²) in [4.78, 5) is 37.1. The summed E-state index contributed by atoms with van der Waals surface area (Å²) < 4.78 is 9.33. The number of imidazole rings is 1. The van der Waals surface area contributed by atoms with Crippen molar-refractivity contribution in [2.24, 2.45) is 0 Å². The first kappa shape index (κ1) is 19.8. The Morgan fingerprint density at radius 2 is 1.93 bits per heavy atom. The molecule has 1 saturated carbocycles. The van der Waals surface area contributed by atoms with Crippen LogP contribution in [0.4, 0.5) is 0 Å². The lowest BCUT2D eigenvalue weighted by Gasteiger charge is -2.36. The molecule has 2 aliphatic rings. The molecule has 2 atom stereocenters. The minimum atomic E-state index is -0.659. The van der Waals surface area contributed by atoms with Crippen LogP contribution >= 0.6 is 0 Å². The van der Waals surface area contributed by atoms with Gasteiger partial charge in [0.05, 0.1) is 23.2 Å². The van der Waals surface area contributed by atoms with Crippen molar-refractivity contribution >= 4 is 22.8 Å². The number of hydrogen-bond acceptors (Lipinski definition) is 5. The van der Waals surface area contributed by atoms with Crippen molar-refractivity contribution in [3.05, 3.63) is 34.7 Å². The number of rotatable bonds is 7. The largest absolute Gasteiger partial charge is 0.375 e. The Balaban J connectivity index is 1.53. The molecule has 2 amide bonds. The van der Waals surface area contributed by atoms with Gasteiger partial charge in [0.15, 0.2) is 0 Å². The molecule has 1 aromatic heterocycles. The number of carbonyl (C=O) groups excluding carboxylic acids is 2. The number of ether oxygens (including phenoxy) is 1. The van der Waals surface area contributed by atoms with Gasteiger partial charge >= 0.3 is 5.69 Å². The number of imide groups is 1. The quantitative estimate of drug-likeness (QED) is 0.684. The number of aryl methyl sites for hydroxylation is 1. The summed E-state index contributed by atoms with van der Waals surface area (Å²) in [5, 5.41) is 5.60. The molecule has 2 heterocycles. The van der Waals surface area contributed by atoms with E-state index in [9.17, 15) is 14.4 Å². The molecule has 0 spiro atoms. The van der Waals surface area contributed by atoms with Crippen LogP contribution < -0.4 is 16.3 Å². The van der Waals surface area contributed by atoms with E-state index >= 15 is 0 Å². The maximum atomic E-state index is 13.2. The highest BCUT2D eigenvalue weighted by atomic mass is 16.5. The van der Waals surface area contributed by atoms with Gasteiger partial charge in [-0.1, -0.05) is 12.1 Å². The number of carbonyl (C=O) groups is 2. The van der Waals surface area contributed by atoms with Crippen molar-refractivity contribution in [1.29, 1.82) is 0 Å². The molecule has 2 fully saturated rings. The van der Waals surface area contributed by atoms with Crippen LogP contribution in [-0.2, 0) is 20.9 Å². The molecule has 2 unspecified atom stereocenters. The van der Waals surface area contributed by atoms with Gasteiger partial charge in [-0.3, -0.25) is 24.0 Å². The highest BCUT2D eigenvalue weighted by Crippen LogP contribution is 2.26. The van der Waals surface area contributed by atoms with Gasteiger partial charge in [-0.25, -0.2) is 4.79 Å². The van der Waals surface area contributed by atoms with Gasteiger partial charge < -0.3 is 10.1 Å². The average molecular weight is 400 g/mol. The zero-order valence-corrected chi connectivity index (χ0v) is 16.9. The van der Waals surface area contributed by atoms with Gasteiger partial charge in [-0.2, -0.15) is 0 Å². The van der Waals surface area contributed by atoms with Crippen LogP contribution in [0.15, 0.2) is 29.1 Å². The lowest BCUT2D eigenvalue weighted by atomic mass is 9.89. The maximum absolute atomic E-state index is 13.2. The second-order valence-electron chi connectivity index (χ2n) is 8.07. The fraction of sp³-hybridized carbons (Fsp3) is 0.571. The van der Waals surface area contributed by atoms with E-state index in [4.69, 9.17) is 4.74 Å². The van der Waals surface area contributed by atoms with Crippen LogP contribution in [0.5, 0.6) is 0 Å². The number of para-hydroxylation sites is 2. The topological polar surface area (TPSA) is 94.4 Å². The third-order valence-electron chi connectivity index (χ3n) is 6.08. The van der Waals surface area contributed by atoms with Gasteiger partial charge in [0.2, 0.25) is 11.8 Å². The first-order valence-corrected chi connectivity index (χ1v) is 10.3. The van der Waals surface area contributed by atoms with E-state index in [1.165, 1.54) is 4.57 Å². The Kier molecular flexibility index (Phi) is 5.56. The molecule has 1 aliphatic heterocycles. The third kappa shape index (κ3) is 3.86. The molecular weight excluding hydrogens is 372 g/mol. The predicted molar refractivity (Wildman–Crippen MR) is 109 cm³/mol. The third-order valence-corrected chi connectivity index (χ3v) is 6.08. The summed E-state index contributed by atoms with van der Waals surface area (Å²) in [6.45, 7) is 2.56. The van der Waals surface area contributed by atoms with Crippen LogP contribution in [0.3, 0.4) is 0 Å². The smallest absolute Gasteiger partial charge is 0.329 e. The first-order chi connectivity index (χ1) is 14.0. The van der Waals surface area contributed by atoms with E-state index in [1.54, 1.807) is 4.57 Å². The minimum Gasteiger partial charge on any atom is -0.375 e. The van der Waals surface area contributed by atoms with Gasteiger partial charge in [-0.05, 0) is 51.8 Å². The highest BCUT2D eigenvalue weighted by Gasteiger charge is 2.32. The summed E-state index contributed by atoms with van der Waals surface area (Å²) in [6, 6.07) is 7.38. The van der Waals surface area contributed by atoms with Gasteiger partial charge in [0, 0.05) is 19.0 Å². The van der Waals surface area contributed by atoms with E-state index in [0.717, 1.165) is 23.9 Å². The SMILES string of the molecule is CNC1CC(OC(C)CCn2c(=O)n(C3CCC(=O)NC3=O)c3ccccc32)C1. The zero-order valence-electron chi connectivity index (χ0n) is 16.9. The normalized spacial score (nSPS) is 25.7. The molecule has 0 bridgehead atoms. The maximum Gasteiger partial charge on any atom is 0.329 e. The lowest BCUT2D eigenvalue weighted by molar-refractivity contribution is -0.135. The number of piperidine rings is 1. The summed E-state index contributed by atoms with van der Waals surface area (Å²) in [5.41, 5.74) is 1.30. The summed E-state index contributed by atoms with van der Waals surface area (Å²) in [6.07, 6.45) is 3.66. The number of benzene rings is 1. The fourth-order valence-corrected chi connectivity index (χ4v) is 4.30. The monoisotopic (exact) mass is 400 g/mol. The number of hydrogen-bond donors (Lipinski definition) is 2. The molecule has 1 saturated heterocycles. The van der Waals surface area contributed by atoms with E-state index in [-0.39, 0.29) is 30.2 Å². The molecule has 2 N–H and O–H groups in total. The number of aromatic nitrogens is 2. The molecule has 4 rings (SSSR count). The number of nitrogens with zero attached hydrogens (tertiary/aromatic N) is 2. The Labute approximate surface area is 169 Å². The summed E-state index contributed by atoms with van der Waals surface area (Å²) in [5.74, 6) is -0.697. The van der Waals surface area contributed by atoms with E-state index in [0.29, 0.717) is 25.4 Å². The van der Waals surface area contributed by atoms with Gasteiger partial charge in [0.25, 0.3) is 0 Å². The zero-order chi connectivity index (χ0) is 20.5. The van der Waals surface area contributed by atoms with Gasteiger partial charge in [0.1, 0.15) is 6.04 Å². The van der Waals surface area contributed by atoms with Crippen molar-refractivity contribution in [2.45, 2.75) is 69.9 Å². The van der Waals surface area contributed by atoms with Crippen LogP contribution in [0.1, 0.15) is 45.1 Å². The van der Waals surface area contributed by atoms with Crippen molar-refractivity contribution in [3.63, 3.8) is 0 Å². The van der Waals surface area contributed by atoms with Crippen LogP contribution in [0, 0.1) is 0 Å². The molecular formula is C21H28N4O4. The van der Waals surface area contributed by atoms with Crippen molar-refractivity contribution < 1.29 is 14.3 Å². The molecule has 8 heteroatoms. The Hall–Kier alpha value is -2.45. The van der Waals surface area contributed by atoms with Crippen molar-refractivity contribution in [1.82, 2.24) is 19.8 Å². The van der Waals surface area contributed by atoms with E-state index < -0.39 is 11.9 Å². The Morgan fingerprint density at radius 1 is 1.21 bits per heavy atom. The molecule has 156 valence electrons. The number of nitrogens with one attached hydrogen (secondary N) is 2. The minimum absolute atomic E-state index is 0.0439. The molecule has 0 radical (unpaired) electrons. The summed E-state index contributed by atoms with van der Waals surface area (Å²) in [7, 11) is 1.97. The summed E-state index contributed by atoms with van der Waals surface area (Å²) >= 11 is 0. The predicted octanol–water partition coefficient (Wildman–Crippen LogP) is 1.33. The van der Waals surface area contributed by atoms with E-state index in [1.807, 2.05) is 38.2 Å². The highest BCUT2D eigenvalue weighted by molar-refractivity contribution is 6.00. The van der Waals surface area contributed by atoms with Crippen molar-refractivity contribution in [3.8, 4) is 0 Å². The number of fused-ring (bicyclic) bond motifs is 1.